The molecule has 30 heavy (non-hydrogen) atoms. The Hall–Kier alpha value is -2.54. The molecule has 160 valence electrons. The van der Waals surface area contributed by atoms with E-state index in [1.54, 1.807) is 25.6 Å². The number of hydrogen-bond donors (Lipinski definition) is 0. The van der Waals surface area contributed by atoms with Gasteiger partial charge < -0.3 is 19.3 Å². The lowest BCUT2D eigenvalue weighted by Crippen LogP contribution is -2.37. The molecule has 1 aromatic heterocycles. The lowest BCUT2D eigenvalue weighted by Gasteiger charge is -2.26. The molecule has 3 heterocycles. The van der Waals surface area contributed by atoms with E-state index in [0.717, 1.165) is 24.9 Å². The van der Waals surface area contributed by atoms with Crippen molar-refractivity contribution in [2.45, 2.75) is 31.7 Å². The summed E-state index contributed by atoms with van der Waals surface area (Å²) in [5.41, 5.74) is 1.08. The van der Waals surface area contributed by atoms with E-state index in [-0.39, 0.29) is 23.8 Å². The number of benzene rings is 1. The molecule has 2 amide bonds. The van der Waals surface area contributed by atoms with Crippen LogP contribution in [0.4, 0.5) is 0 Å². The van der Waals surface area contributed by atoms with Gasteiger partial charge in [-0.25, -0.2) is 0 Å². The number of rotatable bonds is 7. The highest BCUT2D eigenvalue weighted by Crippen LogP contribution is 2.36. The van der Waals surface area contributed by atoms with Crippen LogP contribution in [-0.4, -0.2) is 55.5 Å². The molecule has 0 saturated carbocycles. The molecule has 2 aliphatic rings. The first-order valence-electron chi connectivity index (χ1n) is 10.4. The number of methoxy groups -OCH3 is 2. The second kappa shape index (κ2) is 9.08. The molecule has 2 fully saturated rings. The van der Waals surface area contributed by atoms with Gasteiger partial charge in [0.1, 0.15) is 0 Å². The van der Waals surface area contributed by atoms with Crippen LogP contribution >= 0.6 is 11.3 Å². The second-order valence-electron chi connectivity index (χ2n) is 7.89. The standard InChI is InChI=1S/C23H28N2O4S/c1-28-19-8-7-16(13-20(19)29-2)9-11-24-15-17(14-22(24)26)23(27)25-10-3-5-18(25)21-6-4-12-30-21/h4,6-8,12-13,17-18H,3,5,9-11,14-15H2,1-2H3/t17-,18+/m0/s1. The predicted octanol–water partition coefficient (Wildman–Crippen LogP) is 3.52. The maximum absolute atomic E-state index is 13.2. The van der Waals surface area contributed by atoms with Crippen LogP contribution in [0.15, 0.2) is 35.7 Å². The van der Waals surface area contributed by atoms with Gasteiger partial charge in [-0.15, -0.1) is 11.3 Å². The minimum absolute atomic E-state index is 0.0701. The zero-order valence-electron chi connectivity index (χ0n) is 17.5. The molecule has 6 nitrogen and oxygen atoms in total. The molecule has 2 atom stereocenters. The fraction of sp³-hybridized carbons (Fsp3) is 0.478. The molecule has 0 radical (unpaired) electrons. The highest BCUT2D eigenvalue weighted by Gasteiger charge is 2.40. The number of carbonyl (C=O) groups is 2. The van der Waals surface area contributed by atoms with Crippen LogP contribution in [0.5, 0.6) is 11.5 Å². The predicted molar refractivity (Wildman–Crippen MR) is 116 cm³/mol. The van der Waals surface area contributed by atoms with E-state index < -0.39 is 0 Å². The summed E-state index contributed by atoms with van der Waals surface area (Å²) in [5.74, 6) is 1.34. The first-order valence-corrected chi connectivity index (χ1v) is 11.3. The summed E-state index contributed by atoms with van der Waals surface area (Å²) in [6, 6.07) is 10.1. The van der Waals surface area contributed by atoms with Gasteiger partial charge in [0, 0.05) is 30.9 Å². The topological polar surface area (TPSA) is 59.1 Å². The van der Waals surface area contributed by atoms with Crippen molar-refractivity contribution in [1.82, 2.24) is 9.80 Å². The van der Waals surface area contributed by atoms with Crippen molar-refractivity contribution in [1.29, 1.82) is 0 Å². The molecule has 0 spiro atoms. The highest BCUT2D eigenvalue weighted by atomic mass is 32.1. The van der Waals surface area contributed by atoms with E-state index in [9.17, 15) is 9.59 Å². The third kappa shape index (κ3) is 4.17. The number of carbonyl (C=O) groups excluding carboxylic acids is 2. The second-order valence-corrected chi connectivity index (χ2v) is 8.86. The fourth-order valence-electron chi connectivity index (χ4n) is 4.50. The molecule has 2 aromatic rings. The summed E-state index contributed by atoms with van der Waals surface area (Å²) in [6.45, 7) is 1.91. The summed E-state index contributed by atoms with van der Waals surface area (Å²) in [7, 11) is 3.23. The molecular weight excluding hydrogens is 400 g/mol. The van der Waals surface area contributed by atoms with Crippen LogP contribution in [0.25, 0.3) is 0 Å². The van der Waals surface area contributed by atoms with E-state index in [2.05, 4.69) is 11.4 Å². The van der Waals surface area contributed by atoms with Crippen molar-refractivity contribution < 1.29 is 19.1 Å². The van der Waals surface area contributed by atoms with E-state index in [1.807, 2.05) is 34.1 Å². The number of ether oxygens (including phenoxy) is 2. The third-order valence-electron chi connectivity index (χ3n) is 6.09. The lowest BCUT2D eigenvalue weighted by atomic mass is 10.1. The molecular formula is C23H28N2O4S. The minimum atomic E-state index is -0.233. The Labute approximate surface area is 181 Å². The third-order valence-corrected chi connectivity index (χ3v) is 7.06. The Morgan fingerprint density at radius 1 is 1.20 bits per heavy atom. The van der Waals surface area contributed by atoms with Crippen LogP contribution in [0.1, 0.15) is 35.7 Å². The average Bonchev–Trinajstić information content (AvgIpc) is 3.51. The van der Waals surface area contributed by atoms with Crippen LogP contribution in [0.3, 0.4) is 0 Å². The average molecular weight is 429 g/mol. The number of nitrogens with zero attached hydrogens (tertiary/aromatic N) is 2. The number of amides is 2. The van der Waals surface area contributed by atoms with Crippen LogP contribution in [0.2, 0.25) is 0 Å². The molecule has 0 unspecified atom stereocenters. The van der Waals surface area contributed by atoms with Gasteiger partial charge in [-0.3, -0.25) is 9.59 Å². The monoisotopic (exact) mass is 428 g/mol. The number of hydrogen-bond acceptors (Lipinski definition) is 5. The number of thiophene rings is 1. The van der Waals surface area contributed by atoms with Crippen molar-refractivity contribution in [2.24, 2.45) is 5.92 Å². The van der Waals surface area contributed by atoms with Gasteiger partial charge >= 0.3 is 0 Å². The molecule has 1 aromatic carbocycles. The van der Waals surface area contributed by atoms with Gasteiger partial charge in [0.15, 0.2) is 11.5 Å². The van der Waals surface area contributed by atoms with Gasteiger partial charge in [-0.1, -0.05) is 12.1 Å². The van der Waals surface area contributed by atoms with E-state index in [4.69, 9.17) is 9.47 Å². The molecule has 7 heteroatoms. The summed E-state index contributed by atoms with van der Waals surface area (Å²) in [6.07, 6.45) is 3.07. The van der Waals surface area contributed by atoms with Gasteiger partial charge in [-0.05, 0) is 48.4 Å². The normalized spacial score (nSPS) is 21.3. The summed E-state index contributed by atoms with van der Waals surface area (Å²) in [5, 5.41) is 2.06. The summed E-state index contributed by atoms with van der Waals surface area (Å²) in [4.78, 5) is 30.8. The van der Waals surface area contributed by atoms with E-state index >= 15 is 0 Å². The first kappa shape index (κ1) is 20.7. The Morgan fingerprint density at radius 2 is 2.03 bits per heavy atom. The van der Waals surface area contributed by atoms with Crippen molar-refractivity contribution in [3.63, 3.8) is 0 Å². The van der Waals surface area contributed by atoms with Gasteiger partial charge in [-0.2, -0.15) is 0 Å². The largest absolute Gasteiger partial charge is 0.493 e. The Kier molecular flexibility index (Phi) is 6.27. The molecule has 2 saturated heterocycles. The number of likely N-dealkylation sites (tertiary alicyclic amines) is 2. The summed E-state index contributed by atoms with van der Waals surface area (Å²) >= 11 is 1.71. The summed E-state index contributed by atoms with van der Waals surface area (Å²) < 4.78 is 10.6. The van der Waals surface area contributed by atoms with Crippen LogP contribution in [0, 0.1) is 5.92 Å². The molecule has 0 N–H and O–H groups in total. The molecule has 0 aliphatic carbocycles. The lowest BCUT2D eigenvalue weighted by molar-refractivity contribution is -0.136. The Bertz CT molecular complexity index is 899. The van der Waals surface area contributed by atoms with Crippen LogP contribution in [-0.2, 0) is 16.0 Å². The van der Waals surface area contributed by atoms with Crippen LogP contribution < -0.4 is 9.47 Å². The van der Waals surface area contributed by atoms with Gasteiger partial charge in [0.2, 0.25) is 11.8 Å². The van der Waals surface area contributed by atoms with Crippen molar-refractivity contribution in [3.05, 3.63) is 46.2 Å². The SMILES string of the molecule is COc1ccc(CCN2C[C@@H](C(=O)N3CCC[C@@H]3c3cccs3)CC2=O)cc1OC. The maximum Gasteiger partial charge on any atom is 0.228 e. The fourth-order valence-corrected chi connectivity index (χ4v) is 5.37. The molecule has 0 bridgehead atoms. The zero-order chi connectivity index (χ0) is 21.1. The first-order chi connectivity index (χ1) is 14.6. The quantitative estimate of drug-likeness (QED) is 0.677. The minimum Gasteiger partial charge on any atom is -0.493 e. The van der Waals surface area contributed by atoms with E-state index in [0.29, 0.717) is 37.4 Å². The highest BCUT2D eigenvalue weighted by molar-refractivity contribution is 7.10. The van der Waals surface area contributed by atoms with Crippen molar-refractivity contribution in [2.75, 3.05) is 33.9 Å². The van der Waals surface area contributed by atoms with Gasteiger partial charge in [0.05, 0.1) is 26.2 Å². The van der Waals surface area contributed by atoms with E-state index in [1.165, 1.54) is 4.88 Å². The van der Waals surface area contributed by atoms with Gasteiger partial charge in [0.25, 0.3) is 0 Å². The molecule has 2 aliphatic heterocycles. The van der Waals surface area contributed by atoms with Crippen molar-refractivity contribution in [3.8, 4) is 11.5 Å². The Balaban J connectivity index is 1.36. The Morgan fingerprint density at radius 3 is 2.77 bits per heavy atom. The zero-order valence-corrected chi connectivity index (χ0v) is 18.3. The van der Waals surface area contributed by atoms with Crippen molar-refractivity contribution >= 4 is 23.2 Å². The smallest absolute Gasteiger partial charge is 0.228 e. The molecule has 4 rings (SSSR count). The maximum atomic E-state index is 13.2.